The van der Waals surface area contributed by atoms with Crippen LogP contribution in [0.25, 0.3) is 0 Å². The molecule has 1 aliphatic heterocycles. The molecular formula is C18H29N5O3S. The molecule has 0 spiro atoms. The summed E-state index contributed by atoms with van der Waals surface area (Å²) in [7, 11) is -1.74. The summed E-state index contributed by atoms with van der Waals surface area (Å²) in [6, 6.07) is -0.184. The largest absolute Gasteiger partial charge is 0.372 e. The van der Waals surface area contributed by atoms with Gasteiger partial charge in [-0.15, -0.1) is 0 Å². The molecule has 0 aromatic carbocycles. The molecule has 0 unspecified atom stereocenters. The van der Waals surface area contributed by atoms with Crippen LogP contribution in [0.2, 0.25) is 0 Å². The van der Waals surface area contributed by atoms with Crippen LogP contribution in [-0.2, 0) is 28.4 Å². The molecule has 3 rings (SSSR count). The summed E-state index contributed by atoms with van der Waals surface area (Å²) in [4.78, 5) is 4.42. The Hall–Kier alpha value is -1.71. The fourth-order valence-corrected chi connectivity index (χ4v) is 5.35. The van der Waals surface area contributed by atoms with E-state index in [-0.39, 0.29) is 12.1 Å². The maximum atomic E-state index is 13.1. The molecule has 0 radical (unpaired) electrons. The molecule has 8 nitrogen and oxygen atoms in total. The number of imidazole rings is 1. The van der Waals surface area contributed by atoms with E-state index in [0.717, 1.165) is 5.69 Å². The SMILES string of the molecule is Cc1nn(CC(C)C)c(C)c1S(=O)(=O)N[C@H]1CCO[C@H](c2cncn2C)C1. The molecule has 9 heteroatoms. The van der Waals surface area contributed by atoms with E-state index in [9.17, 15) is 8.42 Å². The smallest absolute Gasteiger partial charge is 0.244 e. The third-order valence-electron chi connectivity index (χ3n) is 4.91. The van der Waals surface area contributed by atoms with Crippen LogP contribution in [0.5, 0.6) is 0 Å². The number of hydrogen-bond acceptors (Lipinski definition) is 5. The highest BCUT2D eigenvalue weighted by atomic mass is 32.2. The molecule has 150 valence electrons. The molecule has 3 heterocycles. The highest BCUT2D eigenvalue weighted by Gasteiger charge is 2.32. The van der Waals surface area contributed by atoms with Crippen LogP contribution < -0.4 is 4.72 Å². The minimum Gasteiger partial charge on any atom is -0.372 e. The Labute approximate surface area is 161 Å². The molecule has 2 aromatic rings. The molecule has 0 aliphatic carbocycles. The standard InChI is InChI=1S/C18H29N5O3S/c1-12(2)10-23-14(4)18(13(3)20-23)27(24,25)21-15-6-7-26-17(8-15)16-9-19-11-22(16)5/h9,11-12,15,17,21H,6-8,10H2,1-5H3/t15-,17-/m0/s1. The molecule has 1 N–H and O–H groups in total. The number of hydrogen-bond donors (Lipinski definition) is 1. The van der Waals surface area contributed by atoms with Crippen LogP contribution in [0.15, 0.2) is 17.4 Å². The van der Waals surface area contributed by atoms with Crippen molar-refractivity contribution >= 4 is 10.0 Å². The van der Waals surface area contributed by atoms with Crippen LogP contribution in [-0.4, -0.2) is 40.4 Å². The average Bonchev–Trinajstić information content (AvgIpc) is 3.10. The van der Waals surface area contributed by atoms with Gasteiger partial charge in [0.1, 0.15) is 11.0 Å². The van der Waals surface area contributed by atoms with Crippen LogP contribution in [0.3, 0.4) is 0 Å². The van der Waals surface area contributed by atoms with E-state index < -0.39 is 10.0 Å². The first kappa shape index (κ1) is 20.0. The fourth-order valence-electron chi connectivity index (χ4n) is 3.66. The second kappa shape index (κ2) is 7.73. The molecule has 1 saturated heterocycles. The first-order chi connectivity index (χ1) is 12.7. The lowest BCUT2D eigenvalue weighted by Gasteiger charge is -2.30. The Bertz CT molecular complexity index is 900. The van der Waals surface area contributed by atoms with Gasteiger partial charge in [-0.2, -0.15) is 5.10 Å². The zero-order valence-electron chi connectivity index (χ0n) is 16.6. The maximum Gasteiger partial charge on any atom is 0.244 e. The van der Waals surface area contributed by atoms with E-state index >= 15 is 0 Å². The van der Waals surface area contributed by atoms with E-state index in [2.05, 4.69) is 28.7 Å². The van der Waals surface area contributed by atoms with Gasteiger partial charge >= 0.3 is 0 Å². The molecule has 1 aliphatic rings. The van der Waals surface area contributed by atoms with Crippen LogP contribution in [0, 0.1) is 19.8 Å². The number of ether oxygens (including phenoxy) is 1. The molecule has 0 bridgehead atoms. The highest BCUT2D eigenvalue weighted by Crippen LogP contribution is 2.29. The summed E-state index contributed by atoms with van der Waals surface area (Å²) in [6.45, 7) is 8.95. The van der Waals surface area contributed by atoms with Crippen molar-refractivity contribution in [2.45, 2.75) is 64.1 Å². The average molecular weight is 396 g/mol. The minimum absolute atomic E-state index is 0.162. The molecule has 0 saturated carbocycles. The Morgan fingerprint density at radius 1 is 1.37 bits per heavy atom. The maximum absolute atomic E-state index is 13.1. The van der Waals surface area contributed by atoms with E-state index in [4.69, 9.17) is 4.74 Å². The molecule has 2 aromatic heterocycles. The van der Waals surface area contributed by atoms with Crippen LogP contribution in [0.4, 0.5) is 0 Å². The molecule has 2 atom stereocenters. The van der Waals surface area contributed by atoms with Gasteiger partial charge in [0.15, 0.2) is 0 Å². The zero-order chi connectivity index (χ0) is 19.8. The lowest BCUT2D eigenvalue weighted by Crippen LogP contribution is -2.40. The van der Waals surface area contributed by atoms with Crippen molar-refractivity contribution in [3.8, 4) is 0 Å². The lowest BCUT2D eigenvalue weighted by atomic mass is 10.0. The summed E-state index contributed by atoms with van der Waals surface area (Å²) in [6.07, 6.45) is 4.56. The molecular weight excluding hydrogens is 366 g/mol. The first-order valence-corrected chi connectivity index (χ1v) is 10.8. The summed E-state index contributed by atoms with van der Waals surface area (Å²) < 4.78 is 38.6. The molecule has 1 fully saturated rings. The number of sulfonamides is 1. The Kier molecular flexibility index (Phi) is 5.73. The van der Waals surface area contributed by atoms with Gasteiger partial charge < -0.3 is 9.30 Å². The van der Waals surface area contributed by atoms with Gasteiger partial charge in [0.25, 0.3) is 0 Å². The number of nitrogens with one attached hydrogen (secondary N) is 1. The Balaban J connectivity index is 1.78. The summed E-state index contributed by atoms with van der Waals surface area (Å²) in [5, 5.41) is 4.44. The van der Waals surface area contributed by atoms with Gasteiger partial charge in [-0.25, -0.2) is 18.1 Å². The summed E-state index contributed by atoms with van der Waals surface area (Å²) in [5.41, 5.74) is 2.18. The van der Waals surface area contributed by atoms with Crippen molar-refractivity contribution in [3.05, 3.63) is 29.6 Å². The van der Waals surface area contributed by atoms with E-state index in [0.29, 0.717) is 48.2 Å². The monoisotopic (exact) mass is 395 g/mol. The topological polar surface area (TPSA) is 91.0 Å². The van der Waals surface area contributed by atoms with Crippen molar-refractivity contribution < 1.29 is 13.2 Å². The van der Waals surface area contributed by atoms with Crippen molar-refractivity contribution in [2.24, 2.45) is 13.0 Å². The Morgan fingerprint density at radius 3 is 2.74 bits per heavy atom. The summed E-state index contributed by atoms with van der Waals surface area (Å²) in [5.74, 6) is 0.390. The third-order valence-corrected chi connectivity index (χ3v) is 6.68. The Morgan fingerprint density at radius 2 is 2.11 bits per heavy atom. The van der Waals surface area contributed by atoms with E-state index in [1.165, 1.54) is 0 Å². The van der Waals surface area contributed by atoms with E-state index in [1.807, 2.05) is 18.5 Å². The predicted octanol–water partition coefficient (Wildman–Crippen LogP) is 2.09. The number of nitrogens with zero attached hydrogens (tertiary/aromatic N) is 4. The van der Waals surface area contributed by atoms with E-state index in [1.54, 1.807) is 24.1 Å². The molecule has 27 heavy (non-hydrogen) atoms. The quantitative estimate of drug-likeness (QED) is 0.809. The van der Waals surface area contributed by atoms with Crippen molar-refractivity contribution in [2.75, 3.05) is 6.61 Å². The van der Waals surface area contributed by atoms with Crippen molar-refractivity contribution in [1.82, 2.24) is 24.1 Å². The van der Waals surface area contributed by atoms with Crippen LogP contribution >= 0.6 is 0 Å². The fraction of sp³-hybridized carbons (Fsp3) is 0.667. The normalized spacial score (nSPS) is 21.1. The second-order valence-electron chi connectivity index (χ2n) is 7.71. The lowest BCUT2D eigenvalue weighted by molar-refractivity contribution is -0.0000459. The first-order valence-electron chi connectivity index (χ1n) is 9.33. The van der Waals surface area contributed by atoms with Crippen LogP contribution in [0.1, 0.15) is 49.9 Å². The van der Waals surface area contributed by atoms with Gasteiger partial charge in [0.2, 0.25) is 10.0 Å². The summed E-state index contributed by atoms with van der Waals surface area (Å²) >= 11 is 0. The van der Waals surface area contributed by atoms with Crippen molar-refractivity contribution in [3.63, 3.8) is 0 Å². The molecule has 0 amide bonds. The minimum atomic E-state index is -3.65. The van der Waals surface area contributed by atoms with Gasteiger partial charge in [0, 0.05) is 26.2 Å². The number of aromatic nitrogens is 4. The van der Waals surface area contributed by atoms with Crippen molar-refractivity contribution in [1.29, 1.82) is 0 Å². The van der Waals surface area contributed by atoms with Gasteiger partial charge in [-0.3, -0.25) is 4.68 Å². The second-order valence-corrected chi connectivity index (χ2v) is 9.36. The zero-order valence-corrected chi connectivity index (χ0v) is 17.5. The third kappa shape index (κ3) is 4.25. The van der Waals surface area contributed by atoms with Gasteiger partial charge in [-0.05, 0) is 32.6 Å². The highest BCUT2D eigenvalue weighted by molar-refractivity contribution is 7.89. The van der Waals surface area contributed by atoms with Gasteiger partial charge in [0.05, 0.1) is 29.6 Å². The van der Waals surface area contributed by atoms with Gasteiger partial charge in [-0.1, -0.05) is 13.8 Å². The predicted molar refractivity (Wildman–Crippen MR) is 102 cm³/mol. The number of aryl methyl sites for hydroxylation is 2. The number of rotatable bonds is 6.